The summed E-state index contributed by atoms with van der Waals surface area (Å²) in [6.45, 7) is 13.0. The van der Waals surface area contributed by atoms with Crippen molar-refractivity contribution < 1.29 is 4.74 Å². The molecule has 2 unspecified atom stereocenters. The van der Waals surface area contributed by atoms with Crippen LogP contribution in [0.4, 0.5) is 0 Å². The maximum Gasteiger partial charge on any atom is 0.0837 e. The van der Waals surface area contributed by atoms with Gasteiger partial charge in [0.15, 0.2) is 0 Å². The minimum atomic E-state index is -0.410. The van der Waals surface area contributed by atoms with E-state index in [1.54, 1.807) is 0 Å². The highest BCUT2D eigenvalue weighted by atomic mass is 16.5. The molecule has 132 valence electrons. The zero-order valence-electron chi connectivity index (χ0n) is 15.3. The van der Waals surface area contributed by atoms with Gasteiger partial charge < -0.3 is 21.9 Å². The van der Waals surface area contributed by atoms with Crippen molar-refractivity contribution >= 4 is 0 Å². The smallest absolute Gasteiger partial charge is 0.0837 e. The van der Waals surface area contributed by atoms with Crippen molar-refractivity contribution in [2.75, 3.05) is 0 Å². The Kier molecular flexibility index (Phi) is 3.81. The van der Waals surface area contributed by atoms with Crippen LogP contribution < -0.4 is 17.2 Å². The number of hydrogen-bond donors (Lipinski definition) is 3. The number of hydrogen-bond acceptors (Lipinski definition) is 4. The van der Waals surface area contributed by atoms with Gasteiger partial charge in [-0.1, -0.05) is 26.8 Å². The Morgan fingerprint density at radius 1 is 1.09 bits per heavy atom. The molecule has 4 nitrogen and oxygen atoms in total. The van der Waals surface area contributed by atoms with Crippen LogP contribution in [0.25, 0.3) is 0 Å². The third kappa shape index (κ3) is 2.18. The van der Waals surface area contributed by atoms with Crippen LogP contribution in [-0.4, -0.2) is 29.3 Å². The molecule has 0 aromatic rings. The van der Waals surface area contributed by atoms with E-state index in [2.05, 4.69) is 34.3 Å². The normalized spacial score (nSPS) is 55.6. The molecule has 1 aliphatic heterocycles. The molecule has 0 amide bonds. The molecule has 2 aliphatic carbocycles. The summed E-state index contributed by atoms with van der Waals surface area (Å²) >= 11 is 0. The van der Waals surface area contributed by atoms with Gasteiger partial charge in [0.1, 0.15) is 0 Å². The Labute approximate surface area is 141 Å². The van der Waals surface area contributed by atoms with Crippen molar-refractivity contribution in [2.45, 2.75) is 89.1 Å². The van der Waals surface area contributed by atoms with E-state index in [4.69, 9.17) is 21.9 Å². The lowest BCUT2D eigenvalue weighted by Crippen LogP contribution is -2.80. The number of ether oxygens (including phenoxy) is 1. The summed E-state index contributed by atoms with van der Waals surface area (Å²) in [6.07, 6.45) is 6.63. The summed E-state index contributed by atoms with van der Waals surface area (Å²) in [7, 11) is 0. The highest BCUT2D eigenvalue weighted by Gasteiger charge is 2.68. The van der Waals surface area contributed by atoms with Crippen molar-refractivity contribution in [1.29, 1.82) is 0 Å². The first-order valence-electron chi connectivity index (χ1n) is 9.12. The molecule has 0 aromatic heterocycles. The monoisotopic (exact) mass is 321 g/mol. The maximum absolute atomic E-state index is 7.11. The van der Waals surface area contributed by atoms with Crippen LogP contribution >= 0.6 is 0 Å². The van der Waals surface area contributed by atoms with Crippen molar-refractivity contribution in [1.82, 2.24) is 0 Å². The molecule has 3 fully saturated rings. The Morgan fingerprint density at radius 3 is 2.35 bits per heavy atom. The summed E-state index contributed by atoms with van der Waals surface area (Å²) in [5.41, 5.74) is 19.7. The van der Waals surface area contributed by atoms with Crippen LogP contribution in [0.2, 0.25) is 0 Å². The van der Waals surface area contributed by atoms with Crippen molar-refractivity contribution in [3.63, 3.8) is 0 Å². The molecule has 1 saturated heterocycles. The van der Waals surface area contributed by atoms with Crippen molar-refractivity contribution in [3.8, 4) is 0 Å². The van der Waals surface area contributed by atoms with E-state index in [1.807, 2.05) is 6.08 Å². The van der Waals surface area contributed by atoms with Crippen molar-refractivity contribution in [2.24, 2.45) is 33.9 Å². The minimum Gasteiger partial charge on any atom is -0.366 e. The fraction of sp³-hybridized carbons (Fsp3) is 0.895. The predicted molar refractivity (Wildman–Crippen MR) is 94.8 cm³/mol. The lowest BCUT2D eigenvalue weighted by molar-refractivity contribution is -0.224. The van der Waals surface area contributed by atoms with Gasteiger partial charge in [-0.2, -0.15) is 0 Å². The van der Waals surface area contributed by atoms with Gasteiger partial charge in [0, 0.05) is 23.0 Å². The van der Waals surface area contributed by atoms with Gasteiger partial charge in [-0.05, 0) is 50.4 Å². The number of rotatable bonds is 1. The van der Waals surface area contributed by atoms with Crippen LogP contribution in [0.5, 0.6) is 0 Å². The second-order valence-electron chi connectivity index (χ2n) is 9.46. The molecule has 7 atom stereocenters. The third-order valence-corrected chi connectivity index (χ3v) is 7.73. The fourth-order valence-electron chi connectivity index (χ4n) is 6.20. The van der Waals surface area contributed by atoms with E-state index in [0.717, 1.165) is 32.1 Å². The van der Waals surface area contributed by atoms with Crippen LogP contribution in [0.15, 0.2) is 12.7 Å². The molecule has 0 spiro atoms. The average molecular weight is 322 g/mol. The van der Waals surface area contributed by atoms with Gasteiger partial charge in [-0.15, -0.1) is 6.58 Å². The van der Waals surface area contributed by atoms with Gasteiger partial charge in [0.2, 0.25) is 0 Å². The Hall–Kier alpha value is -0.420. The molecule has 0 aromatic carbocycles. The van der Waals surface area contributed by atoms with E-state index in [9.17, 15) is 0 Å². The van der Waals surface area contributed by atoms with Crippen LogP contribution in [0.1, 0.15) is 59.8 Å². The molecule has 1 heterocycles. The van der Waals surface area contributed by atoms with Crippen LogP contribution in [0.3, 0.4) is 0 Å². The first-order chi connectivity index (χ1) is 10.5. The lowest BCUT2D eigenvalue weighted by atomic mass is 9.41. The van der Waals surface area contributed by atoms with Crippen molar-refractivity contribution in [3.05, 3.63) is 12.7 Å². The largest absolute Gasteiger partial charge is 0.366 e. The summed E-state index contributed by atoms with van der Waals surface area (Å²) in [5.74, 6) is 0.330. The maximum atomic E-state index is 7.11. The van der Waals surface area contributed by atoms with E-state index >= 15 is 0 Å². The second kappa shape index (κ2) is 5.04. The molecule has 6 N–H and O–H groups in total. The summed E-state index contributed by atoms with van der Waals surface area (Å²) in [5, 5.41) is 0. The third-order valence-electron chi connectivity index (χ3n) is 7.73. The molecular weight excluding hydrogens is 286 g/mol. The first-order valence-corrected chi connectivity index (χ1v) is 9.12. The van der Waals surface area contributed by atoms with E-state index < -0.39 is 5.54 Å². The zero-order chi connectivity index (χ0) is 17.3. The molecule has 3 rings (SSSR count). The standard InChI is InChI=1S/C19H35N3O/c1-6-17(4)9-10-19(22)14(23-17)11-12(20)15-16(2,3)8-7-13(21)18(15,19)5/h6,12-15H,1,7-11,20-22H2,2-5H3/t12-,13+,14?,15?,17+,18+,19-/m1/s1. The van der Waals surface area contributed by atoms with Gasteiger partial charge in [-0.3, -0.25) is 0 Å². The van der Waals surface area contributed by atoms with Gasteiger partial charge in [0.05, 0.1) is 11.7 Å². The molecule has 23 heavy (non-hydrogen) atoms. The molecule has 0 radical (unpaired) electrons. The lowest BCUT2D eigenvalue weighted by Gasteiger charge is -2.69. The summed E-state index contributed by atoms with van der Waals surface area (Å²) in [6, 6.07) is 0.159. The zero-order valence-corrected chi connectivity index (χ0v) is 15.3. The first kappa shape index (κ1) is 17.4. The average Bonchev–Trinajstić information content (AvgIpc) is 2.46. The highest BCUT2D eigenvalue weighted by molar-refractivity contribution is 5.23. The highest BCUT2D eigenvalue weighted by Crippen LogP contribution is 2.62. The van der Waals surface area contributed by atoms with Crippen LogP contribution in [0, 0.1) is 16.7 Å². The molecule has 0 bridgehead atoms. The van der Waals surface area contributed by atoms with Gasteiger partial charge >= 0.3 is 0 Å². The van der Waals surface area contributed by atoms with Gasteiger partial charge in [-0.25, -0.2) is 0 Å². The number of fused-ring (bicyclic) bond motifs is 3. The SMILES string of the molecule is C=C[C@@]1(C)CC[C@@]2(N)C(C[C@@H](N)C3C(C)(C)CC[C@H](N)[C@@]32C)O1. The number of nitrogens with two attached hydrogens (primary N) is 3. The Bertz CT molecular complexity index is 507. The van der Waals surface area contributed by atoms with E-state index in [1.165, 1.54) is 0 Å². The predicted octanol–water partition coefficient (Wildman–Crippen LogP) is 2.31. The fourth-order valence-corrected chi connectivity index (χ4v) is 6.20. The molecule has 2 saturated carbocycles. The van der Waals surface area contributed by atoms with Crippen LogP contribution in [-0.2, 0) is 4.74 Å². The summed E-state index contributed by atoms with van der Waals surface area (Å²) in [4.78, 5) is 0. The topological polar surface area (TPSA) is 87.3 Å². The minimum absolute atomic E-state index is 0.0459. The quantitative estimate of drug-likeness (QED) is 0.647. The van der Waals surface area contributed by atoms with Gasteiger partial charge in [0.25, 0.3) is 0 Å². The molecule has 3 aliphatic rings. The molecule has 4 heteroatoms. The Balaban J connectivity index is 2.07. The Morgan fingerprint density at radius 2 is 1.74 bits per heavy atom. The van der Waals surface area contributed by atoms with E-state index in [-0.39, 0.29) is 34.6 Å². The summed E-state index contributed by atoms with van der Waals surface area (Å²) < 4.78 is 6.45. The van der Waals surface area contributed by atoms with E-state index in [0.29, 0.717) is 5.92 Å². The molecular formula is C19H35N3O. The second-order valence-corrected chi connectivity index (χ2v) is 9.46.